The molecule has 0 spiro atoms. The van der Waals surface area contributed by atoms with E-state index in [9.17, 15) is 4.79 Å². The number of amides is 1. The molecule has 1 amide bonds. The predicted octanol–water partition coefficient (Wildman–Crippen LogP) is 6.15. The molecule has 0 unspecified atom stereocenters. The number of carbonyl (C=O) groups is 1. The van der Waals surface area contributed by atoms with Crippen molar-refractivity contribution in [2.24, 2.45) is 0 Å². The minimum atomic E-state index is -0.0180. The molecule has 5 nitrogen and oxygen atoms in total. The Morgan fingerprint density at radius 3 is 2.56 bits per heavy atom. The number of anilines is 3. The number of carbonyl (C=O) groups excluding carboxylic acids is 1. The van der Waals surface area contributed by atoms with Crippen molar-refractivity contribution in [2.45, 2.75) is 45.6 Å². The average Bonchev–Trinajstić information content (AvgIpc) is 3.31. The fraction of sp³-hybridized carbons (Fsp3) is 0.385. The van der Waals surface area contributed by atoms with Crippen LogP contribution in [0.15, 0.2) is 53.9 Å². The Morgan fingerprint density at radius 1 is 1.09 bits per heavy atom. The normalized spacial score (nSPS) is 13.9. The Balaban J connectivity index is 1.70. The molecule has 0 aliphatic carbocycles. The Kier molecular flexibility index (Phi) is 7.10. The van der Waals surface area contributed by atoms with Gasteiger partial charge in [-0.05, 0) is 48.9 Å². The summed E-state index contributed by atoms with van der Waals surface area (Å²) >= 11 is 1.68. The van der Waals surface area contributed by atoms with E-state index in [1.165, 1.54) is 19.3 Å². The molecule has 1 N–H and O–H groups in total. The first-order valence-electron chi connectivity index (χ1n) is 11.5. The molecule has 1 aromatic heterocycles. The lowest BCUT2D eigenvalue weighted by molar-refractivity contribution is 0.0985. The van der Waals surface area contributed by atoms with Crippen LogP contribution in [0.5, 0.6) is 0 Å². The van der Waals surface area contributed by atoms with E-state index < -0.39 is 0 Å². The van der Waals surface area contributed by atoms with Crippen LogP contribution in [0.1, 0.15) is 60.6 Å². The van der Waals surface area contributed by atoms with Crippen molar-refractivity contribution in [2.75, 3.05) is 35.3 Å². The van der Waals surface area contributed by atoms with E-state index in [0.717, 1.165) is 40.9 Å². The van der Waals surface area contributed by atoms with Crippen molar-refractivity contribution >= 4 is 33.8 Å². The van der Waals surface area contributed by atoms with Gasteiger partial charge in [0.15, 0.2) is 5.13 Å². The van der Waals surface area contributed by atoms with Gasteiger partial charge in [-0.2, -0.15) is 0 Å². The van der Waals surface area contributed by atoms with Crippen LogP contribution >= 0.6 is 11.3 Å². The molecule has 168 valence electrons. The first-order valence-corrected chi connectivity index (χ1v) is 12.3. The maximum atomic E-state index is 13.9. The molecule has 0 radical (unpaired) electrons. The average molecular weight is 449 g/mol. The van der Waals surface area contributed by atoms with Crippen LogP contribution in [0.4, 0.5) is 16.5 Å². The van der Waals surface area contributed by atoms with Crippen molar-refractivity contribution < 1.29 is 4.79 Å². The molecule has 0 saturated carbocycles. The summed E-state index contributed by atoms with van der Waals surface area (Å²) in [6.07, 6.45) is 3.75. The van der Waals surface area contributed by atoms with Gasteiger partial charge in [0.05, 0.1) is 17.8 Å². The first kappa shape index (κ1) is 22.3. The Morgan fingerprint density at radius 2 is 1.81 bits per heavy atom. The van der Waals surface area contributed by atoms with Crippen LogP contribution in [0.25, 0.3) is 0 Å². The van der Waals surface area contributed by atoms with Crippen LogP contribution in [0.2, 0.25) is 0 Å². The number of hydrogen-bond donors (Lipinski definition) is 1. The fourth-order valence-electron chi connectivity index (χ4n) is 4.28. The van der Waals surface area contributed by atoms with Crippen molar-refractivity contribution in [3.05, 3.63) is 70.7 Å². The molecule has 32 heavy (non-hydrogen) atoms. The van der Waals surface area contributed by atoms with Crippen molar-refractivity contribution in [3.8, 4) is 0 Å². The number of para-hydroxylation sites is 2. The summed E-state index contributed by atoms with van der Waals surface area (Å²) in [5.41, 5.74) is 4.54. The molecule has 4 rings (SSSR count). The minimum absolute atomic E-state index is 0.0180. The highest BCUT2D eigenvalue weighted by molar-refractivity contribution is 7.13. The lowest BCUT2D eigenvalue weighted by Gasteiger charge is -2.27. The number of rotatable bonds is 7. The number of nitrogens with one attached hydrogen (secondary N) is 1. The van der Waals surface area contributed by atoms with Crippen LogP contribution in [-0.2, 0) is 6.54 Å². The minimum Gasteiger partial charge on any atom is -0.387 e. The van der Waals surface area contributed by atoms with Crippen molar-refractivity contribution in [1.82, 2.24) is 4.98 Å². The number of aromatic nitrogens is 1. The molecular weight excluding hydrogens is 416 g/mol. The zero-order valence-electron chi connectivity index (χ0n) is 19.2. The lowest BCUT2D eigenvalue weighted by atomic mass is 9.99. The Labute approximate surface area is 195 Å². The van der Waals surface area contributed by atoms with E-state index in [2.05, 4.69) is 35.5 Å². The molecule has 2 aromatic carbocycles. The maximum absolute atomic E-state index is 13.9. The van der Waals surface area contributed by atoms with E-state index in [4.69, 9.17) is 4.98 Å². The van der Waals surface area contributed by atoms with Gasteiger partial charge in [0, 0.05) is 36.9 Å². The van der Waals surface area contributed by atoms with Crippen molar-refractivity contribution in [1.29, 1.82) is 0 Å². The van der Waals surface area contributed by atoms with E-state index in [0.29, 0.717) is 18.0 Å². The molecule has 1 aliphatic heterocycles. The molecule has 3 aromatic rings. The van der Waals surface area contributed by atoms with Gasteiger partial charge in [0.25, 0.3) is 5.91 Å². The standard InChI is InChI=1S/C26H32N4OS/c1-19(2)21-11-6-8-14-24(21)30(25(31)22-12-5-7-13-23(22)27-3)17-20-18-32-26(28-20)29-15-9-4-10-16-29/h5-8,11-14,18-19,27H,4,9-10,15-17H2,1-3H3. The molecule has 6 heteroatoms. The SMILES string of the molecule is CNc1ccccc1C(=O)N(Cc1csc(N2CCCCC2)n1)c1ccccc1C(C)C. The number of thiazole rings is 1. The molecule has 2 heterocycles. The smallest absolute Gasteiger partial charge is 0.260 e. The second-order valence-corrected chi connectivity index (χ2v) is 9.41. The van der Waals surface area contributed by atoms with Gasteiger partial charge in [-0.1, -0.05) is 44.2 Å². The maximum Gasteiger partial charge on any atom is 0.260 e. The largest absolute Gasteiger partial charge is 0.387 e. The van der Waals surface area contributed by atoms with Gasteiger partial charge >= 0.3 is 0 Å². The predicted molar refractivity (Wildman–Crippen MR) is 135 cm³/mol. The molecule has 0 atom stereocenters. The fourth-order valence-corrected chi connectivity index (χ4v) is 5.15. The number of nitrogens with zero attached hydrogens (tertiary/aromatic N) is 3. The summed E-state index contributed by atoms with van der Waals surface area (Å²) in [4.78, 5) is 23.1. The Hall–Kier alpha value is -2.86. The van der Waals surface area contributed by atoms with E-state index in [1.54, 1.807) is 11.3 Å². The number of piperidine rings is 1. The monoisotopic (exact) mass is 448 g/mol. The van der Waals surface area contributed by atoms with Crippen molar-refractivity contribution in [3.63, 3.8) is 0 Å². The van der Waals surface area contributed by atoms with E-state index >= 15 is 0 Å². The quantitative estimate of drug-likeness (QED) is 0.471. The molecular formula is C26H32N4OS. The van der Waals surface area contributed by atoms with Crippen LogP contribution in [0.3, 0.4) is 0 Å². The van der Waals surface area contributed by atoms with Gasteiger partial charge in [-0.15, -0.1) is 11.3 Å². The summed E-state index contributed by atoms with van der Waals surface area (Å²) in [5, 5.41) is 6.34. The lowest BCUT2D eigenvalue weighted by Crippen LogP contribution is -2.32. The third-order valence-electron chi connectivity index (χ3n) is 6.01. The van der Waals surface area contributed by atoms with Gasteiger partial charge in [-0.3, -0.25) is 4.79 Å². The van der Waals surface area contributed by atoms with Crippen LogP contribution in [-0.4, -0.2) is 31.0 Å². The highest BCUT2D eigenvalue weighted by atomic mass is 32.1. The van der Waals surface area contributed by atoms with Gasteiger partial charge in [0.2, 0.25) is 0 Å². The zero-order valence-corrected chi connectivity index (χ0v) is 20.0. The molecule has 1 fully saturated rings. The summed E-state index contributed by atoms with van der Waals surface area (Å²) in [6, 6.07) is 15.9. The molecule has 1 aliphatic rings. The van der Waals surface area contributed by atoms with E-state index in [1.807, 2.05) is 54.4 Å². The van der Waals surface area contributed by atoms with Gasteiger partial charge in [-0.25, -0.2) is 4.98 Å². The first-order chi connectivity index (χ1) is 15.6. The number of hydrogen-bond acceptors (Lipinski definition) is 5. The Bertz CT molecular complexity index is 1060. The topological polar surface area (TPSA) is 48.5 Å². The van der Waals surface area contributed by atoms with Gasteiger partial charge in [0.1, 0.15) is 0 Å². The zero-order chi connectivity index (χ0) is 22.5. The second-order valence-electron chi connectivity index (χ2n) is 8.57. The summed E-state index contributed by atoms with van der Waals surface area (Å²) < 4.78 is 0. The summed E-state index contributed by atoms with van der Waals surface area (Å²) in [6.45, 7) is 6.92. The number of benzene rings is 2. The second kappa shape index (κ2) is 10.2. The molecule has 1 saturated heterocycles. The van der Waals surface area contributed by atoms with Gasteiger partial charge < -0.3 is 15.1 Å². The van der Waals surface area contributed by atoms with Crippen LogP contribution in [0, 0.1) is 0 Å². The summed E-state index contributed by atoms with van der Waals surface area (Å²) in [5.74, 6) is 0.288. The molecule has 0 bridgehead atoms. The highest BCUT2D eigenvalue weighted by Gasteiger charge is 2.25. The van der Waals surface area contributed by atoms with Crippen LogP contribution < -0.4 is 15.1 Å². The third kappa shape index (κ3) is 4.80. The highest BCUT2D eigenvalue weighted by Crippen LogP contribution is 2.32. The summed E-state index contributed by atoms with van der Waals surface area (Å²) in [7, 11) is 1.85. The third-order valence-corrected chi connectivity index (χ3v) is 6.96. The van der Waals surface area contributed by atoms with E-state index in [-0.39, 0.29) is 5.91 Å².